The first-order valence-electron chi connectivity index (χ1n) is 6.07. The highest BCUT2D eigenvalue weighted by Gasteiger charge is 2.26. The molecule has 1 aromatic rings. The van der Waals surface area contributed by atoms with E-state index in [4.69, 9.17) is 0 Å². The Hall–Kier alpha value is -0.890. The van der Waals surface area contributed by atoms with Gasteiger partial charge >= 0.3 is 0 Å². The number of benzene rings is 1. The lowest BCUT2D eigenvalue weighted by Crippen LogP contribution is -2.50. The van der Waals surface area contributed by atoms with Gasteiger partial charge in [-0.3, -0.25) is 0 Å². The molecule has 2 heteroatoms. The van der Waals surface area contributed by atoms with Crippen molar-refractivity contribution in [3.8, 4) is 0 Å². The van der Waals surface area contributed by atoms with Crippen molar-refractivity contribution in [1.82, 2.24) is 5.32 Å². The van der Waals surface area contributed by atoms with Gasteiger partial charge in [0.15, 0.2) is 0 Å². The summed E-state index contributed by atoms with van der Waals surface area (Å²) in [5, 5.41) is 3.64. The highest BCUT2D eigenvalue weighted by atomic mass is 19.1. The average molecular weight is 221 g/mol. The summed E-state index contributed by atoms with van der Waals surface area (Å²) < 4.78 is 13.1. The maximum absolute atomic E-state index is 13.1. The molecule has 0 aromatic heterocycles. The van der Waals surface area contributed by atoms with Crippen molar-refractivity contribution in [2.75, 3.05) is 0 Å². The second-order valence-electron chi connectivity index (χ2n) is 5.45. The van der Waals surface area contributed by atoms with Gasteiger partial charge in [-0.1, -0.05) is 18.6 Å². The zero-order valence-electron chi connectivity index (χ0n) is 10.1. The van der Waals surface area contributed by atoms with Crippen LogP contribution in [0.25, 0.3) is 0 Å². The van der Waals surface area contributed by atoms with E-state index in [1.54, 1.807) is 12.1 Å². The van der Waals surface area contributed by atoms with Crippen LogP contribution in [0.5, 0.6) is 0 Å². The molecule has 1 saturated heterocycles. The molecule has 0 saturated carbocycles. The number of hydrogen-bond donors (Lipinski definition) is 1. The fourth-order valence-electron chi connectivity index (χ4n) is 2.59. The van der Waals surface area contributed by atoms with E-state index in [1.165, 1.54) is 25.3 Å². The Morgan fingerprint density at radius 2 is 2.25 bits per heavy atom. The van der Waals surface area contributed by atoms with Crippen LogP contribution in [0.15, 0.2) is 24.3 Å². The second kappa shape index (κ2) is 4.54. The van der Waals surface area contributed by atoms with Crippen molar-refractivity contribution >= 4 is 0 Å². The summed E-state index contributed by atoms with van der Waals surface area (Å²) in [6.07, 6.45) is 4.62. The number of hydrogen-bond acceptors (Lipinski definition) is 1. The molecule has 1 aliphatic rings. The summed E-state index contributed by atoms with van der Waals surface area (Å²) in [7, 11) is 0. The molecule has 0 amide bonds. The number of halogens is 1. The van der Waals surface area contributed by atoms with E-state index in [2.05, 4.69) is 19.2 Å². The first-order chi connectivity index (χ1) is 7.55. The summed E-state index contributed by atoms with van der Waals surface area (Å²) in [5.41, 5.74) is 1.33. The van der Waals surface area contributed by atoms with Crippen LogP contribution in [0, 0.1) is 5.82 Å². The molecule has 1 aliphatic heterocycles. The van der Waals surface area contributed by atoms with Crippen molar-refractivity contribution < 1.29 is 4.39 Å². The summed E-state index contributed by atoms with van der Waals surface area (Å²) >= 11 is 0. The predicted molar refractivity (Wildman–Crippen MR) is 65.0 cm³/mol. The molecule has 1 atom stereocenters. The van der Waals surface area contributed by atoms with Crippen LogP contribution < -0.4 is 5.32 Å². The largest absolute Gasteiger partial charge is 0.309 e. The average Bonchev–Trinajstić information content (AvgIpc) is 2.15. The van der Waals surface area contributed by atoms with Gasteiger partial charge in [0, 0.05) is 11.6 Å². The number of piperidine rings is 1. The predicted octanol–water partition coefficient (Wildman–Crippen LogP) is 3.29. The molecule has 0 spiro atoms. The summed E-state index contributed by atoms with van der Waals surface area (Å²) in [6, 6.07) is 7.43. The Morgan fingerprint density at radius 1 is 1.44 bits per heavy atom. The monoisotopic (exact) mass is 221 g/mol. The summed E-state index contributed by atoms with van der Waals surface area (Å²) in [5.74, 6) is -0.132. The van der Waals surface area contributed by atoms with Crippen LogP contribution in [-0.2, 0) is 6.42 Å². The molecule has 0 radical (unpaired) electrons. The Bertz CT molecular complexity index is 360. The lowest BCUT2D eigenvalue weighted by molar-refractivity contribution is 0.242. The van der Waals surface area contributed by atoms with Gasteiger partial charge in [0.1, 0.15) is 5.82 Å². The van der Waals surface area contributed by atoms with Gasteiger partial charge in [-0.05, 0) is 50.8 Å². The van der Waals surface area contributed by atoms with Gasteiger partial charge < -0.3 is 5.32 Å². The second-order valence-corrected chi connectivity index (χ2v) is 5.45. The van der Waals surface area contributed by atoms with E-state index in [1.807, 2.05) is 6.07 Å². The standard InChI is InChI=1S/C14H20FN/c1-14(2)8-4-7-13(16-14)10-11-5-3-6-12(15)9-11/h3,5-6,9,13,16H,4,7-8,10H2,1-2H3/t13-/m1/s1. The number of nitrogens with one attached hydrogen (secondary N) is 1. The van der Waals surface area contributed by atoms with E-state index in [0.717, 1.165) is 12.0 Å². The molecule has 0 bridgehead atoms. The smallest absolute Gasteiger partial charge is 0.123 e. The molecule has 0 unspecified atom stereocenters. The van der Waals surface area contributed by atoms with E-state index in [9.17, 15) is 4.39 Å². The van der Waals surface area contributed by atoms with Gasteiger partial charge in [-0.25, -0.2) is 4.39 Å². The topological polar surface area (TPSA) is 12.0 Å². The van der Waals surface area contributed by atoms with E-state index in [0.29, 0.717) is 6.04 Å². The van der Waals surface area contributed by atoms with Crippen molar-refractivity contribution in [1.29, 1.82) is 0 Å². The minimum atomic E-state index is -0.132. The molecule has 16 heavy (non-hydrogen) atoms. The third-order valence-electron chi connectivity index (χ3n) is 3.32. The van der Waals surface area contributed by atoms with Crippen LogP contribution in [0.4, 0.5) is 4.39 Å². The molecular formula is C14H20FN. The Balaban J connectivity index is 1.99. The lowest BCUT2D eigenvalue weighted by Gasteiger charge is -2.37. The Kier molecular flexibility index (Phi) is 3.29. The van der Waals surface area contributed by atoms with Crippen LogP contribution in [-0.4, -0.2) is 11.6 Å². The quantitative estimate of drug-likeness (QED) is 0.808. The molecule has 1 fully saturated rings. The molecule has 0 aliphatic carbocycles. The molecule has 1 nitrogen and oxygen atoms in total. The van der Waals surface area contributed by atoms with Crippen LogP contribution >= 0.6 is 0 Å². The third-order valence-corrected chi connectivity index (χ3v) is 3.32. The Morgan fingerprint density at radius 3 is 2.94 bits per heavy atom. The van der Waals surface area contributed by atoms with Crippen molar-refractivity contribution in [2.45, 2.75) is 51.1 Å². The van der Waals surface area contributed by atoms with Crippen LogP contribution in [0.1, 0.15) is 38.7 Å². The summed E-state index contributed by atoms with van der Waals surface area (Å²) in [6.45, 7) is 4.48. The molecular weight excluding hydrogens is 201 g/mol. The fourth-order valence-corrected chi connectivity index (χ4v) is 2.59. The molecule has 1 heterocycles. The van der Waals surface area contributed by atoms with Gasteiger partial charge in [-0.15, -0.1) is 0 Å². The van der Waals surface area contributed by atoms with Crippen LogP contribution in [0.3, 0.4) is 0 Å². The van der Waals surface area contributed by atoms with Crippen LogP contribution in [0.2, 0.25) is 0 Å². The summed E-state index contributed by atoms with van der Waals surface area (Å²) in [4.78, 5) is 0. The maximum Gasteiger partial charge on any atom is 0.123 e. The molecule has 2 rings (SSSR count). The lowest BCUT2D eigenvalue weighted by atomic mass is 9.87. The maximum atomic E-state index is 13.1. The minimum Gasteiger partial charge on any atom is -0.309 e. The van der Waals surface area contributed by atoms with Gasteiger partial charge in [0.25, 0.3) is 0 Å². The number of rotatable bonds is 2. The van der Waals surface area contributed by atoms with Crippen molar-refractivity contribution in [3.63, 3.8) is 0 Å². The zero-order valence-corrected chi connectivity index (χ0v) is 10.1. The highest BCUT2D eigenvalue weighted by Crippen LogP contribution is 2.23. The van der Waals surface area contributed by atoms with E-state index in [-0.39, 0.29) is 11.4 Å². The van der Waals surface area contributed by atoms with E-state index >= 15 is 0 Å². The first kappa shape index (κ1) is 11.6. The first-order valence-corrected chi connectivity index (χ1v) is 6.07. The van der Waals surface area contributed by atoms with Gasteiger partial charge in [-0.2, -0.15) is 0 Å². The van der Waals surface area contributed by atoms with Crippen molar-refractivity contribution in [2.24, 2.45) is 0 Å². The fraction of sp³-hybridized carbons (Fsp3) is 0.571. The van der Waals surface area contributed by atoms with Crippen molar-refractivity contribution in [3.05, 3.63) is 35.6 Å². The minimum absolute atomic E-state index is 0.132. The Labute approximate surface area is 97.1 Å². The molecule has 1 aromatic carbocycles. The third kappa shape index (κ3) is 3.05. The molecule has 1 N–H and O–H groups in total. The zero-order chi connectivity index (χ0) is 11.6. The highest BCUT2D eigenvalue weighted by molar-refractivity contribution is 5.17. The van der Waals surface area contributed by atoms with E-state index < -0.39 is 0 Å². The SMILES string of the molecule is CC1(C)CCC[C@H](Cc2cccc(F)c2)N1. The van der Waals surface area contributed by atoms with Gasteiger partial charge in [0.05, 0.1) is 0 Å². The molecule has 88 valence electrons. The van der Waals surface area contributed by atoms with Gasteiger partial charge in [0.2, 0.25) is 0 Å². The normalized spacial score (nSPS) is 24.3.